The Bertz CT molecular complexity index is 1310. The van der Waals surface area contributed by atoms with Crippen molar-refractivity contribution in [2.24, 2.45) is 0 Å². The minimum atomic E-state index is -4.83. The molecular weight excluding hydrogens is 514 g/mol. The number of rotatable bonds is 4. The summed E-state index contributed by atoms with van der Waals surface area (Å²) < 4.78 is 108. The van der Waals surface area contributed by atoms with E-state index in [1.54, 1.807) is 16.3 Å². The van der Waals surface area contributed by atoms with Gasteiger partial charge in [-0.2, -0.15) is 0 Å². The molecule has 33 heavy (non-hydrogen) atoms. The summed E-state index contributed by atoms with van der Waals surface area (Å²) in [5.41, 5.74) is 0.963. The maximum atomic E-state index is 14.1. The summed E-state index contributed by atoms with van der Waals surface area (Å²) in [5.74, 6) is -12.4. The molecule has 1 aromatic heterocycles. The quantitative estimate of drug-likeness (QED) is 0.188. The molecule has 1 aliphatic heterocycles. The van der Waals surface area contributed by atoms with Crippen molar-refractivity contribution in [3.05, 3.63) is 63.5 Å². The van der Waals surface area contributed by atoms with Gasteiger partial charge in [-0.25, -0.2) is 39.7 Å². The highest BCUT2D eigenvalue weighted by Crippen LogP contribution is 2.35. The van der Waals surface area contributed by atoms with E-state index >= 15 is 0 Å². The van der Waals surface area contributed by atoms with Crippen LogP contribution < -0.4 is 4.90 Å². The number of aromatic nitrogens is 1. The monoisotopic (exact) mass is 526 g/mol. The third-order valence-electron chi connectivity index (χ3n) is 5.31. The summed E-state index contributed by atoms with van der Waals surface area (Å²) in [7, 11) is -4.83. The maximum Gasteiger partial charge on any atom is 0.200 e. The van der Waals surface area contributed by atoms with Gasteiger partial charge in [0.2, 0.25) is 5.82 Å². The van der Waals surface area contributed by atoms with E-state index < -0.39 is 54.9 Å². The van der Waals surface area contributed by atoms with Gasteiger partial charge in [0.25, 0.3) is 0 Å². The number of thiazole rings is 1. The summed E-state index contributed by atoms with van der Waals surface area (Å²) in [6.07, 6.45) is -0.237. The van der Waals surface area contributed by atoms with E-state index in [4.69, 9.17) is 11.6 Å². The van der Waals surface area contributed by atoms with Crippen LogP contribution in [0, 0.1) is 34.9 Å². The van der Waals surface area contributed by atoms with E-state index in [-0.39, 0.29) is 31.0 Å². The summed E-state index contributed by atoms with van der Waals surface area (Å²) in [6, 6.07) is 4.21. The molecule has 0 atom stereocenters. The number of piperidine rings is 1. The summed E-state index contributed by atoms with van der Waals surface area (Å²) in [4.78, 5) is 4.33. The molecule has 1 saturated heterocycles. The molecule has 4 nitrogen and oxygen atoms in total. The Balaban J connectivity index is 1.53. The Labute approximate surface area is 193 Å². The van der Waals surface area contributed by atoms with Gasteiger partial charge in [-0.1, -0.05) is 17.7 Å². The zero-order chi connectivity index (χ0) is 24.1. The van der Waals surface area contributed by atoms with Gasteiger partial charge in [-0.05, 0) is 25.0 Å². The second-order valence-corrected chi connectivity index (χ2v) is 10.7. The SMILES string of the molecule is O=S(=O)(c1c(F)c(F)c(F)c(F)c1F)C1CCN(c2nc(-c3ccc(Cl)c(F)c3)cs2)CC1. The summed E-state index contributed by atoms with van der Waals surface area (Å²) in [6.45, 7) is 0.225. The van der Waals surface area contributed by atoms with Crippen molar-refractivity contribution in [1.29, 1.82) is 0 Å². The number of hydrogen-bond donors (Lipinski definition) is 0. The molecule has 0 aliphatic carbocycles. The number of benzene rings is 2. The van der Waals surface area contributed by atoms with Gasteiger partial charge in [-0.3, -0.25) is 0 Å². The average molecular weight is 527 g/mol. The van der Waals surface area contributed by atoms with Gasteiger partial charge in [0.15, 0.2) is 38.2 Å². The first-order valence-corrected chi connectivity index (χ1v) is 12.2. The molecule has 0 saturated carbocycles. The van der Waals surface area contributed by atoms with Crippen LogP contribution in [0.2, 0.25) is 5.02 Å². The molecule has 2 heterocycles. The molecular formula is C20H13ClF6N2O2S2. The molecule has 3 aromatic rings. The predicted octanol–water partition coefficient (Wildman–Crippen LogP) is 5.74. The van der Waals surface area contributed by atoms with Gasteiger partial charge >= 0.3 is 0 Å². The maximum absolute atomic E-state index is 14.1. The lowest BCUT2D eigenvalue weighted by Gasteiger charge is -2.31. The fraction of sp³-hybridized carbons (Fsp3) is 0.250. The Morgan fingerprint density at radius 1 is 0.939 bits per heavy atom. The zero-order valence-corrected chi connectivity index (χ0v) is 18.8. The Kier molecular flexibility index (Phi) is 6.36. The molecule has 1 fully saturated rings. The third-order valence-corrected chi connectivity index (χ3v) is 8.80. The van der Waals surface area contributed by atoms with Crippen molar-refractivity contribution >= 4 is 37.9 Å². The zero-order valence-electron chi connectivity index (χ0n) is 16.4. The minimum absolute atomic E-state index is 0.0359. The predicted molar refractivity (Wildman–Crippen MR) is 111 cm³/mol. The normalized spacial score (nSPS) is 15.3. The molecule has 0 N–H and O–H groups in total. The van der Waals surface area contributed by atoms with Crippen LogP contribution >= 0.6 is 22.9 Å². The topological polar surface area (TPSA) is 50.3 Å². The molecule has 13 heteroatoms. The van der Waals surface area contributed by atoms with Crippen LogP contribution in [0.5, 0.6) is 0 Å². The van der Waals surface area contributed by atoms with E-state index in [0.29, 0.717) is 16.4 Å². The summed E-state index contributed by atoms with van der Waals surface area (Å²) >= 11 is 6.90. The van der Waals surface area contributed by atoms with Crippen LogP contribution in [-0.2, 0) is 9.84 Å². The second kappa shape index (κ2) is 8.80. The van der Waals surface area contributed by atoms with E-state index in [2.05, 4.69) is 4.98 Å². The molecule has 0 amide bonds. The summed E-state index contributed by atoms with van der Waals surface area (Å²) in [5, 5.41) is 0.806. The largest absolute Gasteiger partial charge is 0.348 e. The van der Waals surface area contributed by atoms with Gasteiger partial charge < -0.3 is 4.90 Å². The first kappa shape index (κ1) is 23.8. The van der Waals surface area contributed by atoms with Crippen molar-refractivity contribution in [1.82, 2.24) is 4.98 Å². The number of hydrogen-bond acceptors (Lipinski definition) is 5. The van der Waals surface area contributed by atoms with Crippen molar-refractivity contribution in [3.63, 3.8) is 0 Å². The van der Waals surface area contributed by atoms with Crippen molar-refractivity contribution in [2.75, 3.05) is 18.0 Å². The highest BCUT2D eigenvalue weighted by Gasteiger charge is 2.39. The Morgan fingerprint density at radius 3 is 2.09 bits per heavy atom. The van der Waals surface area contributed by atoms with Gasteiger partial charge in [0.05, 0.1) is 16.0 Å². The van der Waals surface area contributed by atoms with Gasteiger partial charge in [0.1, 0.15) is 10.7 Å². The van der Waals surface area contributed by atoms with E-state index in [9.17, 15) is 34.8 Å². The van der Waals surface area contributed by atoms with Crippen molar-refractivity contribution in [2.45, 2.75) is 23.0 Å². The van der Waals surface area contributed by atoms with Gasteiger partial charge in [0, 0.05) is 24.0 Å². The van der Waals surface area contributed by atoms with Crippen LogP contribution in [0.3, 0.4) is 0 Å². The van der Waals surface area contributed by atoms with Crippen LogP contribution in [-0.4, -0.2) is 31.7 Å². The number of nitrogens with zero attached hydrogens (tertiary/aromatic N) is 2. The van der Waals surface area contributed by atoms with E-state index in [1.165, 1.54) is 23.5 Å². The average Bonchev–Trinajstić information content (AvgIpc) is 3.28. The second-order valence-electron chi connectivity index (χ2n) is 7.27. The fourth-order valence-corrected chi connectivity index (χ4v) is 6.41. The molecule has 4 rings (SSSR count). The lowest BCUT2D eigenvalue weighted by atomic mass is 10.1. The van der Waals surface area contributed by atoms with Crippen LogP contribution in [0.25, 0.3) is 11.3 Å². The van der Waals surface area contributed by atoms with Crippen LogP contribution in [0.15, 0.2) is 28.5 Å². The van der Waals surface area contributed by atoms with Crippen molar-refractivity contribution in [3.8, 4) is 11.3 Å². The number of halogens is 7. The molecule has 176 valence electrons. The molecule has 0 unspecified atom stereocenters. The standard InChI is InChI=1S/C20H13ClF6N2O2S2/c21-11-2-1-9(7-12(11)22)13-8-32-20(28-13)29-5-3-10(4-6-29)33(30,31)19-17(26)15(24)14(23)16(25)18(19)27/h1-2,7-8,10H,3-6H2. The molecule has 0 spiro atoms. The Hall–Kier alpha value is -2.31. The third kappa shape index (κ3) is 4.19. The van der Waals surface area contributed by atoms with Crippen LogP contribution in [0.4, 0.5) is 31.5 Å². The lowest BCUT2D eigenvalue weighted by molar-refractivity contribution is 0.356. The Morgan fingerprint density at radius 2 is 1.52 bits per heavy atom. The fourth-order valence-electron chi connectivity index (χ4n) is 3.56. The first-order valence-electron chi connectivity index (χ1n) is 9.43. The molecule has 0 radical (unpaired) electrons. The van der Waals surface area contributed by atoms with E-state index in [1.807, 2.05) is 0 Å². The lowest BCUT2D eigenvalue weighted by Crippen LogP contribution is -2.40. The smallest absolute Gasteiger partial charge is 0.200 e. The number of anilines is 1. The highest BCUT2D eigenvalue weighted by molar-refractivity contribution is 7.92. The molecule has 2 aromatic carbocycles. The van der Waals surface area contributed by atoms with Crippen LogP contribution in [0.1, 0.15) is 12.8 Å². The molecule has 0 bridgehead atoms. The first-order chi connectivity index (χ1) is 15.5. The molecule has 1 aliphatic rings. The van der Waals surface area contributed by atoms with Gasteiger partial charge in [-0.15, -0.1) is 11.3 Å². The van der Waals surface area contributed by atoms with E-state index in [0.717, 1.165) is 0 Å². The minimum Gasteiger partial charge on any atom is -0.348 e. The highest BCUT2D eigenvalue weighted by atomic mass is 35.5. The van der Waals surface area contributed by atoms with Crippen molar-refractivity contribution < 1.29 is 34.8 Å². The number of sulfone groups is 1.